The lowest BCUT2D eigenvalue weighted by molar-refractivity contribution is -0.136. The fourth-order valence-corrected chi connectivity index (χ4v) is 4.23. The molecule has 0 aliphatic carbocycles. The number of nitrogens with zero attached hydrogens (tertiary/aromatic N) is 1. The number of carbonyl (C=O) groups excluding carboxylic acids is 3. The SMILES string of the molecule is CC(C)C[C@@H]1NC(=O)[C@@H](NC(=O)[C@H](CC(C)C)N(C)C)C(C(C)C)Oc2ccc(cc2)/C=C\NC1=O. The molecule has 8 nitrogen and oxygen atoms in total. The minimum absolute atomic E-state index is 0.103. The van der Waals surface area contributed by atoms with Crippen LogP contribution in [0.2, 0.25) is 0 Å². The Hall–Kier alpha value is -2.87. The van der Waals surface area contributed by atoms with Gasteiger partial charge in [0.2, 0.25) is 17.7 Å². The van der Waals surface area contributed by atoms with Crippen LogP contribution in [0.1, 0.15) is 59.9 Å². The Morgan fingerprint density at radius 3 is 2.17 bits per heavy atom. The normalized spacial score (nSPS) is 22.7. The Labute approximate surface area is 216 Å². The maximum Gasteiger partial charge on any atom is 0.247 e. The molecule has 3 N–H and O–H groups in total. The molecule has 0 spiro atoms. The lowest BCUT2D eigenvalue weighted by Gasteiger charge is -2.34. The average Bonchev–Trinajstić information content (AvgIpc) is 2.78. The molecule has 2 bridgehead atoms. The summed E-state index contributed by atoms with van der Waals surface area (Å²) in [7, 11) is 3.71. The van der Waals surface area contributed by atoms with Crippen molar-refractivity contribution in [2.45, 2.75) is 78.6 Å². The highest BCUT2D eigenvalue weighted by molar-refractivity contribution is 5.93. The first-order valence-electron chi connectivity index (χ1n) is 12.9. The van der Waals surface area contributed by atoms with Gasteiger partial charge in [-0.25, -0.2) is 0 Å². The summed E-state index contributed by atoms with van der Waals surface area (Å²) in [6.07, 6.45) is 3.82. The van der Waals surface area contributed by atoms with Gasteiger partial charge in [-0.05, 0) is 68.5 Å². The van der Waals surface area contributed by atoms with E-state index in [1.807, 2.05) is 71.0 Å². The van der Waals surface area contributed by atoms with Crippen molar-refractivity contribution in [1.82, 2.24) is 20.9 Å². The Morgan fingerprint density at radius 1 is 1.00 bits per heavy atom. The molecule has 0 fully saturated rings. The van der Waals surface area contributed by atoms with Gasteiger partial charge >= 0.3 is 0 Å². The number of likely N-dealkylation sites (N-methyl/N-ethyl adjacent to an activating group) is 1. The largest absolute Gasteiger partial charge is 0.487 e. The number of amides is 3. The minimum Gasteiger partial charge on any atom is -0.487 e. The number of hydrogen-bond acceptors (Lipinski definition) is 5. The summed E-state index contributed by atoms with van der Waals surface area (Å²) in [6.45, 7) is 12.0. The van der Waals surface area contributed by atoms with Crippen molar-refractivity contribution < 1.29 is 19.1 Å². The van der Waals surface area contributed by atoms with E-state index in [1.54, 1.807) is 12.3 Å². The zero-order valence-corrected chi connectivity index (χ0v) is 23.0. The number of ether oxygens (including phenoxy) is 1. The van der Waals surface area contributed by atoms with E-state index >= 15 is 0 Å². The van der Waals surface area contributed by atoms with Crippen molar-refractivity contribution in [2.24, 2.45) is 17.8 Å². The molecule has 0 saturated carbocycles. The summed E-state index contributed by atoms with van der Waals surface area (Å²) in [5.74, 6) is -0.0262. The van der Waals surface area contributed by atoms with Crippen molar-refractivity contribution in [3.63, 3.8) is 0 Å². The Bertz CT molecular complexity index is 909. The van der Waals surface area contributed by atoms with E-state index in [-0.39, 0.29) is 23.7 Å². The third-order valence-electron chi connectivity index (χ3n) is 6.18. The monoisotopic (exact) mass is 500 g/mol. The second-order valence-corrected chi connectivity index (χ2v) is 11.0. The number of nitrogens with one attached hydrogen (secondary N) is 3. The molecule has 4 atom stereocenters. The zero-order chi connectivity index (χ0) is 27.0. The number of hydrogen-bond donors (Lipinski definition) is 3. The first kappa shape index (κ1) is 29.4. The van der Waals surface area contributed by atoms with Crippen LogP contribution in [0, 0.1) is 17.8 Å². The lowest BCUT2D eigenvalue weighted by Crippen LogP contribution is -2.61. The first-order chi connectivity index (χ1) is 16.9. The van der Waals surface area contributed by atoms with Crippen molar-refractivity contribution in [3.8, 4) is 5.75 Å². The number of benzene rings is 1. The lowest BCUT2D eigenvalue weighted by atomic mass is 9.95. The van der Waals surface area contributed by atoms with Gasteiger partial charge in [-0.3, -0.25) is 19.3 Å². The molecule has 2 aliphatic rings. The van der Waals surface area contributed by atoms with Crippen LogP contribution in [0.25, 0.3) is 6.08 Å². The number of carbonyl (C=O) groups is 3. The zero-order valence-electron chi connectivity index (χ0n) is 23.0. The summed E-state index contributed by atoms with van der Waals surface area (Å²) >= 11 is 0. The highest BCUT2D eigenvalue weighted by Gasteiger charge is 2.38. The van der Waals surface area contributed by atoms with E-state index < -0.39 is 30.1 Å². The van der Waals surface area contributed by atoms with Crippen LogP contribution in [0.15, 0.2) is 30.5 Å². The van der Waals surface area contributed by atoms with Crippen molar-refractivity contribution in [3.05, 3.63) is 36.0 Å². The van der Waals surface area contributed by atoms with Crippen LogP contribution in [0.5, 0.6) is 5.75 Å². The van der Waals surface area contributed by atoms with Crippen molar-refractivity contribution in [2.75, 3.05) is 14.1 Å². The Balaban J connectivity index is 2.50. The minimum atomic E-state index is -0.993. The summed E-state index contributed by atoms with van der Waals surface area (Å²) in [5.41, 5.74) is 0.901. The van der Waals surface area contributed by atoms with Gasteiger partial charge in [-0.1, -0.05) is 53.7 Å². The molecule has 2 heterocycles. The molecule has 8 heteroatoms. The maximum absolute atomic E-state index is 13.7. The van der Waals surface area contributed by atoms with Crippen molar-refractivity contribution in [1.29, 1.82) is 0 Å². The van der Waals surface area contributed by atoms with E-state index in [2.05, 4.69) is 29.8 Å². The molecule has 1 unspecified atom stereocenters. The molecule has 0 saturated heterocycles. The second kappa shape index (κ2) is 13.4. The van der Waals surface area contributed by atoms with Crippen LogP contribution < -0.4 is 20.7 Å². The molecule has 1 aromatic carbocycles. The average molecular weight is 501 g/mol. The van der Waals surface area contributed by atoms with E-state index in [0.29, 0.717) is 24.5 Å². The third-order valence-corrected chi connectivity index (χ3v) is 6.18. The van der Waals surface area contributed by atoms with Crippen LogP contribution in [0.3, 0.4) is 0 Å². The number of fused-ring (bicyclic) bond motifs is 10. The van der Waals surface area contributed by atoms with Crippen LogP contribution in [-0.2, 0) is 14.4 Å². The molecule has 2 aliphatic heterocycles. The molecule has 36 heavy (non-hydrogen) atoms. The Kier molecular flexibility index (Phi) is 11.0. The van der Waals surface area contributed by atoms with E-state index in [1.165, 1.54) is 0 Å². The number of rotatable bonds is 8. The van der Waals surface area contributed by atoms with E-state index in [0.717, 1.165) is 5.56 Å². The van der Waals surface area contributed by atoms with Gasteiger partial charge in [-0.2, -0.15) is 0 Å². The highest BCUT2D eigenvalue weighted by Crippen LogP contribution is 2.21. The van der Waals surface area contributed by atoms with Gasteiger partial charge in [0.25, 0.3) is 0 Å². The molecule has 0 radical (unpaired) electrons. The molecule has 3 rings (SSSR count). The summed E-state index contributed by atoms with van der Waals surface area (Å²) < 4.78 is 6.31. The van der Waals surface area contributed by atoms with E-state index in [9.17, 15) is 14.4 Å². The van der Waals surface area contributed by atoms with Gasteiger partial charge in [0.15, 0.2) is 0 Å². The van der Waals surface area contributed by atoms with Gasteiger partial charge in [0.1, 0.15) is 23.9 Å². The quantitative estimate of drug-likeness (QED) is 0.509. The summed E-state index contributed by atoms with van der Waals surface area (Å²) in [5, 5.41) is 8.67. The molecule has 3 amide bonds. The summed E-state index contributed by atoms with van der Waals surface area (Å²) in [4.78, 5) is 42.0. The Morgan fingerprint density at radius 2 is 1.64 bits per heavy atom. The van der Waals surface area contributed by atoms with Gasteiger partial charge in [-0.15, -0.1) is 0 Å². The highest BCUT2D eigenvalue weighted by atomic mass is 16.5. The maximum atomic E-state index is 13.7. The first-order valence-corrected chi connectivity index (χ1v) is 12.9. The van der Waals surface area contributed by atoms with Gasteiger partial charge in [0, 0.05) is 6.20 Å². The van der Waals surface area contributed by atoms with E-state index in [4.69, 9.17) is 4.74 Å². The van der Waals surface area contributed by atoms with Gasteiger partial charge < -0.3 is 20.7 Å². The molecule has 0 aromatic heterocycles. The predicted octanol–water partition coefficient (Wildman–Crippen LogP) is 3.18. The van der Waals surface area contributed by atoms with Crippen LogP contribution in [-0.4, -0.2) is 60.9 Å². The summed E-state index contributed by atoms with van der Waals surface area (Å²) in [6, 6.07) is 5.25. The topological polar surface area (TPSA) is 99.8 Å². The predicted molar refractivity (Wildman–Crippen MR) is 143 cm³/mol. The van der Waals surface area contributed by atoms with Crippen molar-refractivity contribution >= 4 is 23.8 Å². The standard InChI is InChI=1S/C28H44N4O4/c1-17(2)15-22-26(33)29-14-13-20-9-11-21(12-10-20)36-25(19(5)6)24(28(35)30-22)31-27(34)23(32(7)8)16-18(3)4/h9-14,17-19,22-25H,15-16H2,1-8H3,(H,29,33)(H,30,35)(H,31,34)/b14-13-/t22-,23-,24-,25?/m0/s1. The van der Waals surface area contributed by atoms with Crippen LogP contribution in [0.4, 0.5) is 0 Å². The van der Waals surface area contributed by atoms with Crippen LogP contribution >= 0.6 is 0 Å². The molecular formula is C28H44N4O4. The second-order valence-electron chi connectivity index (χ2n) is 11.0. The van der Waals surface area contributed by atoms with Gasteiger partial charge in [0.05, 0.1) is 6.04 Å². The fraction of sp³-hybridized carbons (Fsp3) is 0.607. The molecule has 200 valence electrons. The molecule has 1 aromatic rings. The third kappa shape index (κ3) is 8.66. The smallest absolute Gasteiger partial charge is 0.247 e. The fourth-order valence-electron chi connectivity index (χ4n) is 4.23. The molecular weight excluding hydrogens is 456 g/mol.